The minimum Gasteiger partial charge on any atom is -0.373 e. The Morgan fingerprint density at radius 1 is 1.38 bits per heavy atom. The summed E-state index contributed by atoms with van der Waals surface area (Å²) < 4.78 is 0. The fraction of sp³-hybridized carbons (Fsp3) is 0.667. The Morgan fingerprint density at radius 3 is 2.56 bits per heavy atom. The van der Waals surface area contributed by atoms with Gasteiger partial charge in [-0.25, -0.2) is 9.97 Å². The van der Waals surface area contributed by atoms with Crippen molar-refractivity contribution in [2.75, 3.05) is 24.3 Å². The SMILES string of the molecule is CNc1cc(N(C)C2CC2)nc(C(C)C)n1. The predicted molar refractivity (Wildman–Crippen MR) is 67.1 cm³/mol. The van der Waals surface area contributed by atoms with Gasteiger partial charge in [-0.3, -0.25) is 0 Å². The predicted octanol–water partition coefficient (Wildman–Crippen LogP) is 2.24. The van der Waals surface area contributed by atoms with Gasteiger partial charge in [0.05, 0.1) is 0 Å². The lowest BCUT2D eigenvalue weighted by molar-refractivity contribution is 0.763. The molecule has 2 rings (SSSR count). The van der Waals surface area contributed by atoms with E-state index in [0.29, 0.717) is 12.0 Å². The van der Waals surface area contributed by atoms with E-state index in [1.165, 1.54) is 12.8 Å². The van der Waals surface area contributed by atoms with Crippen LogP contribution >= 0.6 is 0 Å². The first-order chi connectivity index (χ1) is 7.61. The molecule has 0 aliphatic heterocycles. The number of hydrogen-bond acceptors (Lipinski definition) is 4. The molecule has 1 N–H and O–H groups in total. The van der Waals surface area contributed by atoms with Crippen molar-refractivity contribution in [1.82, 2.24) is 9.97 Å². The first-order valence-corrected chi connectivity index (χ1v) is 5.91. The molecule has 0 spiro atoms. The number of hydrogen-bond donors (Lipinski definition) is 1. The first kappa shape index (κ1) is 11.2. The Morgan fingerprint density at radius 2 is 2.06 bits per heavy atom. The molecular formula is C12H20N4. The van der Waals surface area contributed by atoms with Gasteiger partial charge in [-0.05, 0) is 12.8 Å². The summed E-state index contributed by atoms with van der Waals surface area (Å²) in [5.41, 5.74) is 0. The molecular weight excluding hydrogens is 200 g/mol. The van der Waals surface area contributed by atoms with Gasteiger partial charge in [0.1, 0.15) is 17.5 Å². The van der Waals surface area contributed by atoms with Crippen LogP contribution in [0.5, 0.6) is 0 Å². The highest BCUT2D eigenvalue weighted by Crippen LogP contribution is 2.30. The fourth-order valence-electron chi connectivity index (χ4n) is 1.67. The second-order valence-electron chi connectivity index (χ2n) is 4.72. The highest BCUT2D eigenvalue weighted by molar-refractivity contribution is 5.50. The average molecular weight is 220 g/mol. The van der Waals surface area contributed by atoms with Crippen LogP contribution in [0.15, 0.2) is 6.07 Å². The van der Waals surface area contributed by atoms with E-state index in [0.717, 1.165) is 17.5 Å². The highest BCUT2D eigenvalue weighted by atomic mass is 15.2. The number of rotatable bonds is 4. The minimum atomic E-state index is 0.361. The van der Waals surface area contributed by atoms with E-state index in [9.17, 15) is 0 Å². The fourth-order valence-corrected chi connectivity index (χ4v) is 1.67. The van der Waals surface area contributed by atoms with Crippen LogP contribution in [0.1, 0.15) is 38.4 Å². The van der Waals surface area contributed by atoms with Gasteiger partial charge in [-0.15, -0.1) is 0 Å². The van der Waals surface area contributed by atoms with E-state index in [-0.39, 0.29) is 0 Å². The topological polar surface area (TPSA) is 41.0 Å². The normalized spacial score (nSPS) is 15.3. The van der Waals surface area contributed by atoms with Crippen LogP contribution in [0.3, 0.4) is 0 Å². The third kappa shape index (κ3) is 2.26. The highest BCUT2D eigenvalue weighted by Gasteiger charge is 2.27. The van der Waals surface area contributed by atoms with Crippen LogP contribution in [0.2, 0.25) is 0 Å². The van der Waals surface area contributed by atoms with Crippen molar-refractivity contribution < 1.29 is 0 Å². The molecule has 1 aromatic rings. The summed E-state index contributed by atoms with van der Waals surface area (Å²) in [5.74, 6) is 3.21. The van der Waals surface area contributed by atoms with Gasteiger partial charge in [0, 0.05) is 32.1 Å². The van der Waals surface area contributed by atoms with Gasteiger partial charge in [0.15, 0.2) is 0 Å². The Kier molecular flexibility index (Phi) is 2.99. The molecule has 0 saturated heterocycles. The summed E-state index contributed by atoms with van der Waals surface area (Å²) in [6.07, 6.45) is 2.57. The van der Waals surface area contributed by atoms with Gasteiger partial charge in [0.2, 0.25) is 0 Å². The van der Waals surface area contributed by atoms with Crippen molar-refractivity contribution in [2.24, 2.45) is 0 Å². The molecule has 4 nitrogen and oxygen atoms in total. The second kappa shape index (κ2) is 4.28. The Bertz CT molecular complexity index is 371. The molecule has 1 aliphatic carbocycles. The second-order valence-corrected chi connectivity index (χ2v) is 4.72. The summed E-state index contributed by atoms with van der Waals surface area (Å²) in [6.45, 7) is 4.24. The van der Waals surface area contributed by atoms with Crippen molar-refractivity contribution in [2.45, 2.75) is 38.6 Å². The number of nitrogens with one attached hydrogen (secondary N) is 1. The van der Waals surface area contributed by atoms with Gasteiger partial charge < -0.3 is 10.2 Å². The van der Waals surface area contributed by atoms with Crippen LogP contribution in [-0.2, 0) is 0 Å². The summed E-state index contributed by atoms with van der Waals surface area (Å²) in [4.78, 5) is 11.3. The van der Waals surface area contributed by atoms with Gasteiger partial charge in [-0.2, -0.15) is 0 Å². The van der Waals surface area contributed by atoms with Crippen molar-refractivity contribution >= 4 is 11.6 Å². The summed E-state index contributed by atoms with van der Waals surface area (Å²) in [5, 5.41) is 3.10. The number of anilines is 2. The van der Waals surface area contributed by atoms with Crippen molar-refractivity contribution in [3.05, 3.63) is 11.9 Å². The molecule has 1 heterocycles. The number of nitrogens with zero attached hydrogens (tertiary/aromatic N) is 3. The summed E-state index contributed by atoms with van der Waals surface area (Å²) in [6, 6.07) is 2.70. The van der Waals surface area contributed by atoms with E-state index in [4.69, 9.17) is 0 Å². The molecule has 88 valence electrons. The van der Waals surface area contributed by atoms with Crippen molar-refractivity contribution in [3.63, 3.8) is 0 Å². The molecule has 0 unspecified atom stereocenters. The molecule has 0 aromatic carbocycles. The number of aromatic nitrogens is 2. The largest absolute Gasteiger partial charge is 0.373 e. The third-order valence-electron chi connectivity index (χ3n) is 2.96. The van der Waals surface area contributed by atoms with Crippen LogP contribution in [-0.4, -0.2) is 30.1 Å². The average Bonchev–Trinajstić information content (AvgIpc) is 3.11. The van der Waals surface area contributed by atoms with Crippen molar-refractivity contribution in [1.29, 1.82) is 0 Å². The smallest absolute Gasteiger partial charge is 0.135 e. The lowest BCUT2D eigenvalue weighted by atomic mass is 10.2. The van der Waals surface area contributed by atoms with E-state index in [1.807, 2.05) is 13.1 Å². The molecule has 0 amide bonds. The Balaban J connectivity index is 2.31. The molecule has 0 atom stereocenters. The summed E-state index contributed by atoms with van der Waals surface area (Å²) in [7, 11) is 4.01. The van der Waals surface area contributed by atoms with Crippen LogP contribution in [0, 0.1) is 0 Å². The lowest BCUT2D eigenvalue weighted by Gasteiger charge is -2.19. The maximum absolute atomic E-state index is 4.62. The molecule has 1 fully saturated rings. The molecule has 1 aliphatic rings. The maximum Gasteiger partial charge on any atom is 0.135 e. The zero-order chi connectivity index (χ0) is 11.7. The summed E-state index contributed by atoms with van der Waals surface area (Å²) >= 11 is 0. The molecule has 4 heteroatoms. The lowest BCUT2D eigenvalue weighted by Crippen LogP contribution is -2.21. The minimum absolute atomic E-state index is 0.361. The van der Waals surface area contributed by atoms with Crippen LogP contribution in [0.25, 0.3) is 0 Å². The quantitative estimate of drug-likeness (QED) is 0.845. The maximum atomic E-state index is 4.62. The molecule has 16 heavy (non-hydrogen) atoms. The monoisotopic (exact) mass is 220 g/mol. The molecule has 1 saturated carbocycles. The first-order valence-electron chi connectivity index (χ1n) is 5.91. The van der Waals surface area contributed by atoms with Crippen LogP contribution in [0.4, 0.5) is 11.6 Å². The van der Waals surface area contributed by atoms with E-state index < -0.39 is 0 Å². The van der Waals surface area contributed by atoms with E-state index >= 15 is 0 Å². The molecule has 1 aromatic heterocycles. The zero-order valence-corrected chi connectivity index (χ0v) is 10.5. The Hall–Kier alpha value is -1.32. The Labute approximate surface area is 97.1 Å². The van der Waals surface area contributed by atoms with E-state index in [1.54, 1.807) is 0 Å². The third-order valence-corrected chi connectivity index (χ3v) is 2.96. The van der Waals surface area contributed by atoms with Gasteiger partial charge in [0.25, 0.3) is 0 Å². The van der Waals surface area contributed by atoms with Gasteiger partial charge in [-0.1, -0.05) is 13.8 Å². The van der Waals surface area contributed by atoms with Crippen molar-refractivity contribution in [3.8, 4) is 0 Å². The standard InChI is InChI=1S/C12H20N4/c1-8(2)12-14-10(13-3)7-11(15-12)16(4)9-5-6-9/h7-9H,5-6H2,1-4H3,(H,13,14,15). The van der Waals surface area contributed by atoms with Gasteiger partial charge >= 0.3 is 0 Å². The van der Waals surface area contributed by atoms with Crippen LogP contribution < -0.4 is 10.2 Å². The molecule has 0 bridgehead atoms. The van der Waals surface area contributed by atoms with E-state index in [2.05, 4.69) is 41.1 Å². The molecule has 0 radical (unpaired) electrons. The zero-order valence-electron chi connectivity index (χ0n) is 10.5.